The van der Waals surface area contributed by atoms with Crippen LogP contribution in [0.1, 0.15) is 29.2 Å². The second-order valence-corrected chi connectivity index (χ2v) is 5.46. The summed E-state index contributed by atoms with van der Waals surface area (Å²) in [6.45, 7) is 8.95. The van der Waals surface area contributed by atoms with E-state index in [0.29, 0.717) is 5.54 Å². The van der Waals surface area contributed by atoms with Crippen LogP contribution in [0.25, 0.3) is 0 Å². The van der Waals surface area contributed by atoms with E-state index in [2.05, 4.69) is 49.7 Å². The van der Waals surface area contributed by atoms with Gasteiger partial charge in [-0.15, -0.1) is 0 Å². The fraction of sp³-hybridized carbons (Fsp3) is 0.455. The van der Waals surface area contributed by atoms with Crippen LogP contribution in [0.4, 0.5) is 0 Å². The maximum absolute atomic E-state index is 3.68. The zero-order valence-electron chi connectivity index (χ0n) is 8.73. The maximum atomic E-state index is 3.68. The summed E-state index contributed by atoms with van der Waals surface area (Å²) in [5.74, 6) is 0. The lowest BCUT2D eigenvalue weighted by Gasteiger charge is -2.17. The van der Waals surface area contributed by atoms with Crippen molar-refractivity contribution in [3.63, 3.8) is 0 Å². The van der Waals surface area contributed by atoms with Gasteiger partial charge in [0.2, 0.25) is 0 Å². The van der Waals surface area contributed by atoms with Gasteiger partial charge in [0, 0.05) is 9.52 Å². The van der Waals surface area contributed by atoms with Gasteiger partial charge in [0.15, 0.2) is 0 Å². The van der Waals surface area contributed by atoms with Crippen LogP contribution in [0, 0.1) is 13.8 Å². The van der Waals surface area contributed by atoms with E-state index in [-0.39, 0.29) is 0 Å². The second-order valence-electron chi connectivity index (χ2n) is 3.48. The van der Waals surface area contributed by atoms with Gasteiger partial charge in [-0.2, -0.15) is 0 Å². The molecule has 2 heteroatoms. The zero-order chi connectivity index (χ0) is 10.0. The van der Waals surface area contributed by atoms with Crippen molar-refractivity contribution < 1.29 is 0 Å². The molecule has 0 saturated heterocycles. The number of aryl methyl sites for hydroxylation is 1. The first-order chi connectivity index (χ1) is 6.07. The van der Waals surface area contributed by atoms with Gasteiger partial charge in [-0.1, -0.05) is 30.8 Å². The lowest BCUT2D eigenvalue weighted by Crippen LogP contribution is -2.18. The molecule has 1 atom stereocenters. The molecule has 67 valence electrons. The molecule has 0 spiro atoms. The van der Waals surface area contributed by atoms with Crippen molar-refractivity contribution in [1.82, 2.24) is 0 Å². The Kier molecular flexibility index (Phi) is 3.50. The van der Waals surface area contributed by atoms with Crippen molar-refractivity contribution in [3.8, 4) is 0 Å². The van der Waals surface area contributed by atoms with E-state index in [9.17, 15) is 0 Å². The van der Waals surface area contributed by atoms with Crippen molar-refractivity contribution in [3.05, 3.63) is 28.8 Å². The molecule has 0 aliphatic rings. The Bertz CT molecular complexity index is 305. The summed E-state index contributed by atoms with van der Waals surface area (Å²) in [4.78, 5) is 0. The number of rotatable bonds is 2. The third-order valence-electron chi connectivity index (χ3n) is 2.65. The minimum atomic E-state index is 0.674. The van der Waals surface area contributed by atoms with Crippen molar-refractivity contribution in [2.24, 2.45) is 0 Å². The van der Waals surface area contributed by atoms with Crippen LogP contribution >= 0.6 is 0 Å². The SMILES string of the molecule is C[Si]C(C)c1c([Si])ccc(C)c1C. The van der Waals surface area contributed by atoms with Gasteiger partial charge in [0.1, 0.15) is 0 Å². The molecule has 0 fully saturated rings. The number of hydrogen-bond acceptors (Lipinski definition) is 0. The summed E-state index contributed by atoms with van der Waals surface area (Å²) in [5, 5.41) is 1.25. The molecule has 0 nitrogen and oxygen atoms in total. The van der Waals surface area contributed by atoms with E-state index >= 15 is 0 Å². The van der Waals surface area contributed by atoms with E-state index in [0.717, 1.165) is 9.52 Å². The van der Waals surface area contributed by atoms with Crippen LogP contribution in [-0.4, -0.2) is 19.8 Å². The molecule has 0 amide bonds. The first-order valence-electron chi connectivity index (χ1n) is 4.57. The smallest absolute Gasteiger partial charge is 0.0715 e. The van der Waals surface area contributed by atoms with E-state index in [1.165, 1.54) is 21.9 Å². The Labute approximate surface area is 87.0 Å². The largest absolute Gasteiger partial charge is 0.0728 e. The summed E-state index contributed by atoms with van der Waals surface area (Å²) >= 11 is 0. The molecular weight excluding hydrogens is 188 g/mol. The van der Waals surface area contributed by atoms with Crippen LogP contribution in [-0.2, 0) is 0 Å². The highest BCUT2D eigenvalue weighted by Crippen LogP contribution is 2.18. The molecule has 0 aromatic heterocycles. The molecule has 0 heterocycles. The summed E-state index contributed by atoms with van der Waals surface area (Å²) in [7, 11) is 4.65. The van der Waals surface area contributed by atoms with Crippen LogP contribution < -0.4 is 5.19 Å². The van der Waals surface area contributed by atoms with Crippen LogP contribution in [0.3, 0.4) is 0 Å². The van der Waals surface area contributed by atoms with E-state index in [4.69, 9.17) is 0 Å². The lowest BCUT2D eigenvalue weighted by atomic mass is 10.0. The molecule has 1 aromatic rings. The molecule has 0 saturated carbocycles. The molecule has 1 aromatic carbocycles. The van der Waals surface area contributed by atoms with Crippen LogP contribution in [0.2, 0.25) is 6.55 Å². The molecule has 0 aliphatic carbocycles. The maximum Gasteiger partial charge on any atom is 0.0715 e. The first kappa shape index (κ1) is 10.7. The summed E-state index contributed by atoms with van der Waals surface area (Å²) in [5.41, 5.74) is 4.99. The predicted molar refractivity (Wildman–Crippen MR) is 61.3 cm³/mol. The molecule has 1 rings (SSSR count). The number of benzene rings is 1. The predicted octanol–water partition coefficient (Wildman–Crippen LogP) is 1.91. The zero-order valence-corrected chi connectivity index (χ0v) is 10.7. The minimum absolute atomic E-state index is 0.674. The van der Waals surface area contributed by atoms with Gasteiger partial charge in [-0.3, -0.25) is 0 Å². The second kappa shape index (κ2) is 4.24. The van der Waals surface area contributed by atoms with Crippen molar-refractivity contribution in [1.29, 1.82) is 0 Å². The minimum Gasteiger partial charge on any atom is -0.0728 e. The molecular formula is C11H15Si2. The average molecular weight is 203 g/mol. The molecule has 1 unspecified atom stereocenters. The highest BCUT2D eigenvalue weighted by molar-refractivity contribution is 6.39. The van der Waals surface area contributed by atoms with Crippen molar-refractivity contribution in [2.45, 2.75) is 32.9 Å². The van der Waals surface area contributed by atoms with Gasteiger partial charge in [0.05, 0.1) is 10.2 Å². The van der Waals surface area contributed by atoms with Gasteiger partial charge in [-0.25, -0.2) is 0 Å². The van der Waals surface area contributed by atoms with Gasteiger partial charge in [0.25, 0.3) is 0 Å². The molecule has 13 heavy (non-hydrogen) atoms. The van der Waals surface area contributed by atoms with Crippen molar-refractivity contribution >= 4 is 24.9 Å². The highest BCUT2D eigenvalue weighted by atomic mass is 28.2. The topological polar surface area (TPSA) is 0 Å². The Morgan fingerprint density at radius 2 is 1.92 bits per heavy atom. The lowest BCUT2D eigenvalue weighted by molar-refractivity contribution is 1.05. The van der Waals surface area contributed by atoms with E-state index in [1.807, 2.05) is 0 Å². The summed E-state index contributed by atoms with van der Waals surface area (Å²) < 4.78 is 0. The Hall–Kier alpha value is -0.346. The first-order valence-corrected chi connectivity index (χ1v) is 6.64. The Morgan fingerprint density at radius 1 is 1.31 bits per heavy atom. The molecule has 5 radical (unpaired) electrons. The third kappa shape index (κ3) is 2.12. The van der Waals surface area contributed by atoms with Gasteiger partial charge < -0.3 is 0 Å². The summed E-state index contributed by atoms with van der Waals surface area (Å²) in [6, 6.07) is 4.33. The van der Waals surface area contributed by atoms with Gasteiger partial charge >= 0.3 is 0 Å². The monoisotopic (exact) mass is 203 g/mol. The Morgan fingerprint density at radius 3 is 2.46 bits per heavy atom. The molecule has 0 aliphatic heterocycles. The fourth-order valence-electron chi connectivity index (χ4n) is 1.54. The van der Waals surface area contributed by atoms with E-state index in [1.54, 1.807) is 0 Å². The molecule has 0 bridgehead atoms. The van der Waals surface area contributed by atoms with Crippen LogP contribution in [0.5, 0.6) is 0 Å². The number of hydrogen-bond donors (Lipinski definition) is 0. The average Bonchev–Trinajstić information content (AvgIpc) is 2.12. The van der Waals surface area contributed by atoms with Gasteiger partial charge in [-0.05, 0) is 36.1 Å². The summed E-state index contributed by atoms with van der Waals surface area (Å²) in [6.07, 6.45) is 0. The normalized spacial score (nSPS) is 13.0. The van der Waals surface area contributed by atoms with Crippen LogP contribution in [0.15, 0.2) is 12.1 Å². The van der Waals surface area contributed by atoms with Crippen molar-refractivity contribution in [2.75, 3.05) is 0 Å². The standard InChI is InChI=1S/C11H15Si2/c1-7-5-6-10(12)11(8(7)2)9(3)13-4/h5-6,9H,1-4H3. The fourth-order valence-corrected chi connectivity index (χ4v) is 2.83. The Balaban J connectivity index is 3.25. The van der Waals surface area contributed by atoms with E-state index < -0.39 is 0 Å². The quantitative estimate of drug-likeness (QED) is 0.644. The third-order valence-corrected chi connectivity index (χ3v) is 4.24. The highest BCUT2D eigenvalue weighted by Gasteiger charge is 2.10. The molecule has 0 N–H and O–H groups in total.